The molecule has 1 rings (SSSR count). The molecular formula is C13H13NO3. The standard InChI is InChI=1S/C13H13NO3/c1-9(2)17-13(16)7-11(8-14)10-4-3-5-12(15)6-10/h3-7,9,15H,1-2H3. The average molecular weight is 231 g/mol. The summed E-state index contributed by atoms with van der Waals surface area (Å²) >= 11 is 0. The molecule has 0 spiro atoms. The summed E-state index contributed by atoms with van der Waals surface area (Å²) in [6.45, 7) is 3.46. The smallest absolute Gasteiger partial charge is 0.332 e. The van der Waals surface area contributed by atoms with Crippen LogP contribution in [0.3, 0.4) is 0 Å². The Bertz CT molecular complexity index is 484. The van der Waals surface area contributed by atoms with E-state index in [1.165, 1.54) is 12.1 Å². The van der Waals surface area contributed by atoms with Crippen LogP contribution in [0.4, 0.5) is 0 Å². The molecule has 0 bridgehead atoms. The maximum absolute atomic E-state index is 11.4. The van der Waals surface area contributed by atoms with Crippen molar-refractivity contribution in [3.8, 4) is 11.8 Å². The minimum atomic E-state index is -0.570. The van der Waals surface area contributed by atoms with Gasteiger partial charge in [0.2, 0.25) is 0 Å². The number of ether oxygens (including phenoxy) is 1. The number of allylic oxidation sites excluding steroid dienone is 1. The Morgan fingerprint density at radius 1 is 1.53 bits per heavy atom. The van der Waals surface area contributed by atoms with Crippen LogP contribution >= 0.6 is 0 Å². The molecule has 0 atom stereocenters. The van der Waals surface area contributed by atoms with Gasteiger partial charge in [-0.15, -0.1) is 0 Å². The molecule has 1 aromatic rings. The highest BCUT2D eigenvalue weighted by molar-refractivity contribution is 5.95. The highest BCUT2D eigenvalue weighted by Gasteiger charge is 2.07. The van der Waals surface area contributed by atoms with E-state index >= 15 is 0 Å². The van der Waals surface area contributed by atoms with Gasteiger partial charge in [-0.2, -0.15) is 5.26 Å². The molecule has 0 aliphatic carbocycles. The zero-order chi connectivity index (χ0) is 12.8. The predicted octanol–water partition coefficient (Wildman–Crippen LogP) is 2.25. The molecule has 0 amide bonds. The van der Waals surface area contributed by atoms with E-state index in [2.05, 4.69) is 0 Å². The van der Waals surface area contributed by atoms with Crippen molar-refractivity contribution in [2.24, 2.45) is 0 Å². The molecule has 0 radical (unpaired) electrons. The van der Waals surface area contributed by atoms with Crippen molar-refractivity contribution in [3.63, 3.8) is 0 Å². The average Bonchev–Trinajstić information content (AvgIpc) is 2.24. The van der Waals surface area contributed by atoms with Crippen molar-refractivity contribution in [1.29, 1.82) is 5.26 Å². The summed E-state index contributed by atoms with van der Waals surface area (Å²) in [5.41, 5.74) is 0.639. The lowest BCUT2D eigenvalue weighted by molar-refractivity contribution is -0.141. The second-order valence-electron chi connectivity index (χ2n) is 3.71. The number of aromatic hydroxyl groups is 1. The van der Waals surface area contributed by atoms with Crippen LogP contribution in [0.15, 0.2) is 30.3 Å². The number of rotatable bonds is 3. The second kappa shape index (κ2) is 5.71. The Kier molecular flexibility index (Phi) is 4.29. The van der Waals surface area contributed by atoms with Crippen LogP contribution in [0.1, 0.15) is 19.4 Å². The van der Waals surface area contributed by atoms with Gasteiger partial charge in [0.05, 0.1) is 11.7 Å². The molecular weight excluding hydrogens is 218 g/mol. The first-order valence-electron chi connectivity index (χ1n) is 5.14. The van der Waals surface area contributed by atoms with Crippen LogP contribution in [0.2, 0.25) is 0 Å². The van der Waals surface area contributed by atoms with Crippen molar-refractivity contribution in [1.82, 2.24) is 0 Å². The summed E-state index contributed by atoms with van der Waals surface area (Å²) in [7, 11) is 0. The lowest BCUT2D eigenvalue weighted by Gasteiger charge is -2.05. The Balaban J connectivity index is 2.97. The van der Waals surface area contributed by atoms with Gasteiger partial charge in [-0.3, -0.25) is 0 Å². The third kappa shape index (κ3) is 3.99. The number of carbonyl (C=O) groups excluding carboxylic acids is 1. The maximum Gasteiger partial charge on any atom is 0.332 e. The Morgan fingerprint density at radius 2 is 2.24 bits per heavy atom. The second-order valence-corrected chi connectivity index (χ2v) is 3.71. The zero-order valence-corrected chi connectivity index (χ0v) is 9.68. The highest BCUT2D eigenvalue weighted by atomic mass is 16.5. The molecule has 0 aliphatic heterocycles. The number of phenols is 1. The van der Waals surface area contributed by atoms with E-state index in [4.69, 9.17) is 10.00 Å². The maximum atomic E-state index is 11.4. The van der Waals surface area contributed by atoms with Crippen LogP contribution in [0.5, 0.6) is 5.75 Å². The van der Waals surface area contributed by atoms with Gasteiger partial charge in [-0.05, 0) is 31.5 Å². The van der Waals surface area contributed by atoms with Gasteiger partial charge >= 0.3 is 5.97 Å². The fourth-order valence-electron chi connectivity index (χ4n) is 1.24. The van der Waals surface area contributed by atoms with Crippen molar-refractivity contribution in [3.05, 3.63) is 35.9 Å². The van der Waals surface area contributed by atoms with E-state index in [-0.39, 0.29) is 17.4 Å². The van der Waals surface area contributed by atoms with E-state index in [1.807, 2.05) is 6.07 Å². The van der Waals surface area contributed by atoms with Crippen LogP contribution in [-0.4, -0.2) is 17.2 Å². The number of hydrogen-bond acceptors (Lipinski definition) is 4. The summed E-state index contributed by atoms with van der Waals surface area (Å²) in [5, 5.41) is 18.2. The van der Waals surface area contributed by atoms with E-state index in [0.29, 0.717) is 5.56 Å². The molecule has 0 aromatic heterocycles. The number of phenolic OH excluding ortho intramolecular Hbond substituents is 1. The van der Waals surface area contributed by atoms with Gasteiger partial charge in [0.25, 0.3) is 0 Å². The van der Waals surface area contributed by atoms with Crippen molar-refractivity contribution < 1.29 is 14.6 Å². The van der Waals surface area contributed by atoms with E-state index in [9.17, 15) is 9.90 Å². The highest BCUT2D eigenvalue weighted by Crippen LogP contribution is 2.18. The van der Waals surface area contributed by atoms with Crippen molar-refractivity contribution in [2.75, 3.05) is 0 Å². The van der Waals surface area contributed by atoms with Crippen LogP contribution < -0.4 is 0 Å². The quantitative estimate of drug-likeness (QED) is 0.492. The molecule has 0 saturated carbocycles. The molecule has 1 aromatic carbocycles. The molecule has 0 aliphatic rings. The van der Waals surface area contributed by atoms with Gasteiger partial charge in [0, 0.05) is 6.08 Å². The van der Waals surface area contributed by atoms with Gasteiger partial charge in [-0.1, -0.05) is 12.1 Å². The molecule has 4 nitrogen and oxygen atoms in total. The number of benzene rings is 1. The first-order valence-corrected chi connectivity index (χ1v) is 5.14. The summed E-state index contributed by atoms with van der Waals surface area (Å²) in [6.07, 6.45) is 0.886. The van der Waals surface area contributed by atoms with Gasteiger partial charge in [0.1, 0.15) is 11.8 Å². The number of esters is 1. The number of carbonyl (C=O) groups is 1. The lowest BCUT2D eigenvalue weighted by atomic mass is 10.1. The monoisotopic (exact) mass is 231 g/mol. The minimum absolute atomic E-state index is 0.0425. The molecule has 1 N–H and O–H groups in total. The van der Waals surface area contributed by atoms with Crippen LogP contribution in [0, 0.1) is 11.3 Å². The summed E-state index contributed by atoms with van der Waals surface area (Å²) in [5.74, 6) is -0.527. The van der Waals surface area contributed by atoms with Crippen molar-refractivity contribution in [2.45, 2.75) is 20.0 Å². The van der Waals surface area contributed by atoms with Crippen LogP contribution in [0.25, 0.3) is 5.57 Å². The summed E-state index contributed by atoms with van der Waals surface area (Å²) < 4.78 is 4.91. The minimum Gasteiger partial charge on any atom is -0.508 e. The molecule has 0 heterocycles. The van der Waals surface area contributed by atoms with Crippen molar-refractivity contribution >= 4 is 11.5 Å². The van der Waals surface area contributed by atoms with Gasteiger partial charge in [0.15, 0.2) is 0 Å². The van der Waals surface area contributed by atoms with E-state index < -0.39 is 5.97 Å². The largest absolute Gasteiger partial charge is 0.508 e. The van der Waals surface area contributed by atoms with Crippen LogP contribution in [-0.2, 0) is 9.53 Å². The number of hydrogen-bond donors (Lipinski definition) is 1. The topological polar surface area (TPSA) is 70.3 Å². The van der Waals surface area contributed by atoms with Gasteiger partial charge < -0.3 is 9.84 Å². The first kappa shape index (κ1) is 12.8. The lowest BCUT2D eigenvalue weighted by Crippen LogP contribution is -2.09. The Labute approximate surface area is 99.8 Å². The SMILES string of the molecule is CC(C)OC(=O)C=C(C#N)c1cccc(O)c1. The molecule has 0 unspecified atom stereocenters. The molecule has 4 heteroatoms. The van der Waals surface area contributed by atoms with E-state index in [0.717, 1.165) is 6.08 Å². The fourth-order valence-corrected chi connectivity index (χ4v) is 1.24. The predicted molar refractivity (Wildman–Crippen MR) is 62.9 cm³/mol. The normalized spacial score (nSPS) is 11.1. The summed E-state index contributed by atoms with van der Waals surface area (Å²) in [6, 6.07) is 8.04. The molecule has 0 fully saturated rings. The number of nitriles is 1. The third-order valence-corrected chi connectivity index (χ3v) is 1.89. The molecule has 17 heavy (non-hydrogen) atoms. The molecule has 0 saturated heterocycles. The number of nitrogens with zero attached hydrogens (tertiary/aromatic N) is 1. The zero-order valence-electron chi connectivity index (χ0n) is 9.68. The first-order chi connectivity index (χ1) is 8.02. The van der Waals surface area contributed by atoms with Gasteiger partial charge in [-0.25, -0.2) is 4.79 Å². The Morgan fingerprint density at radius 3 is 2.76 bits per heavy atom. The van der Waals surface area contributed by atoms with E-state index in [1.54, 1.807) is 26.0 Å². The summed E-state index contributed by atoms with van der Waals surface area (Å²) in [4.78, 5) is 11.4. The Hall–Kier alpha value is -2.28. The third-order valence-electron chi connectivity index (χ3n) is 1.89. The fraction of sp³-hybridized carbons (Fsp3) is 0.231. The molecule has 88 valence electrons.